The third kappa shape index (κ3) is 4.95. The first-order valence-corrected chi connectivity index (χ1v) is 13.0. The first-order valence-electron chi connectivity index (χ1n) is 13.0. The van der Waals surface area contributed by atoms with Gasteiger partial charge in [-0.05, 0) is 74.1 Å². The zero-order valence-electron chi connectivity index (χ0n) is 21.4. The highest BCUT2D eigenvalue weighted by molar-refractivity contribution is 5.87. The summed E-state index contributed by atoms with van der Waals surface area (Å²) in [6.07, 6.45) is 7.02. The Labute approximate surface area is 217 Å². The van der Waals surface area contributed by atoms with E-state index in [2.05, 4.69) is 23.4 Å². The van der Waals surface area contributed by atoms with Crippen molar-refractivity contribution in [3.8, 4) is 5.69 Å². The van der Waals surface area contributed by atoms with Gasteiger partial charge in [-0.15, -0.1) is 0 Å². The molecular weight excluding hydrogens is 467 g/mol. The van der Waals surface area contributed by atoms with E-state index in [1.807, 2.05) is 48.1 Å². The maximum atomic E-state index is 14.0. The Hall–Kier alpha value is -3.74. The van der Waals surface area contributed by atoms with E-state index in [0.29, 0.717) is 25.9 Å². The Morgan fingerprint density at radius 3 is 2.65 bits per heavy atom. The van der Waals surface area contributed by atoms with Gasteiger partial charge in [0.25, 0.3) is 0 Å². The predicted molar refractivity (Wildman–Crippen MR) is 141 cm³/mol. The number of carbonyl (C=O) groups excluding carboxylic acids is 2. The second-order valence-corrected chi connectivity index (χ2v) is 10.2. The van der Waals surface area contributed by atoms with E-state index in [-0.39, 0.29) is 35.5 Å². The van der Waals surface area contributed by atoms with E-state index in [4.69, 9.17) is 0 Å². The highest BCUT2D eigenvalue weighted by atomic mass is 19.1. The molecule has 2 amide bonds. The molecule has 0 saturated heterocycles. The Bertz CT molecular complexity index is 1320. The third-order valence-electron chi connectivity index (χ3n) is 7.86. The largest absolute Gasteiger partial charge is 0.355 e. The van der Waals surface area contributed by atoms with Crippen molar-refractivity contribution in [2.75, 3.05) is 19.6 Å². The lowest BCUT2D eigenvalue weighted by molar-refractivity contribution is -0.141. The quantitative estimate of drug-likeness (QED) is 0.493. The van der Waals surface area contributed by atoms with Crippen molar-refractivity contribution in [1.29, 1.82) is 0 Å². The van der Waals surface area contributed by atoms with Crippen molar-refractivity contribution in [3.05, 3.63) is 89.0 Å². The molecule has 192 valence electrons. The fourth-order valence-electron chi connectivity index (χ4n) is 5.85. The van der Waals surface area contributed by atoms with Gasteiger partial charge in [-0.25, -0.2) is 9.07 Å². The molecule has 0 radical (unpaired) electrons. The zero-order valence-corrected chi connectivity index (χ0v) is 21.4. The molecule has 37 heavy (non-hydrogen) atoms. The molecule has 0 spiro atoms. The topological polar surface area (TPSA) is 67.2 Å². The molecule has 1 unspecified atom stereocenters. The molecule has 2 atom stereocenters. The van der Waals surface area contributed by atoms with Gasteiger partial charge in [0, 0.05) is 24.4 Å². The highest BCUT2D eigenvalue weighted by Crippen LogP contribution is 2.53. The van der Waals surface area contributed by atoms with E-state index < -0.39 is 0 Å². The van der Waals surface area contributed by atoms with Crippen LogP contribution in [0.4, 0.5) is 4.39 Å². The van der Waals surface area contributed by atoms with Gasteiger partial charge in [0.2, 0.25) is 11.8 Å². The monoisotopic (exact) mass is 500 g/mol. The lowest BCUT2D eigenvalue weighted by atomic mass is 9.69. The summed E-state index contributed by atoms with van der Waals surface area (Å²) in [6.45, 7) is 5.16. The van der Waals surface area contributed by atoms with Crippen LogP contribution in [0.3, 0.4) is 0 Å². The minimum Gasteiger partial charge on any atom is -0.355 e. The van der Waals surface area contributed by atoms with Gasteiger partial charge >= 0.3 is 0 Å². The fraction of sp³-hybridized carbons (Fsp3) is 0.367. The Morgan fingerprint density at radius 1 is 1.16 bits per heavy atom. The van der Waals surface area contributed by atoms with Gasteiger partial charge in [-0.2, -0.15) is 5.10 Å². The molecule has 1 aromatic heterocycles. The summed E-state index contributed by atoms with van der Waals surface area (Å²) in [5.41, 5.74) is 4.94. The summed E-state index contributed by atoms with van der Waals surface area (Å²) >= 11 is 0. The molecule has 2 aromatic carbocycles. The number of allylic oxidation sites excluding steroid dienone is 1. The van der Waals surface area contributed by atoms with Crippen LogP contribution in [0.1, 0.15) is 43.5 Å². The molecule has 1 saturated carbocycles. The van der Waals surface area contributed by atoms with Crippen LogP contribution in [0.2, 0.25) is 0 Å². The number of hydrogen-bond acceptors (Lipinski definition) is 3. The van der Waals surface area contributed by atoms with E-state index in [1.165, 1.54) is 17.7 Å². The number of nitrogens with one attached hydrogen (secondary N) is 1. The molecule has 2 aliphatic carbocycles. The molecule has 0 bridgehead atoms. The van der Waals surface area contributed by atoms with Crippen LogP contribution in [0.5, 0.6) is 0 Å². The minimum absolute atomic E-state index is 0.0439. The molecule has 2 aliphatic rings. The molecule has 7 heteroatoms. The second-order valence-electron chi connectivity index (χ2n) is 10.2. The number of rotatable bonds is 8. The van der Waals surface area contributed by atoms with E-state index in [1.54, 1.807) is 17.0 Å². The van der Waals surface area contributed by atoms with Gasteiger partial charge < -0.3 is 10.2 Å². The van der Waals surface area contributed by atoms with Gasteiger partial charge in [0.15, 0.2) is 0 Å². The summed E-state index contributed by atoms with van der Waals surface area (Å²) in [5, 5.41) is 7.43. The van der Waals surface area contributed by atoms with Crippen LogP contribution in [0, 0.1) is 17.2 Å². The molecule has 0 aliphatic heterocycles. The summed E-state index contributed by atoms with van der Waals surface area (Å²) in [4.78, 5) is 28.3. The smallest absolute Gasteiger partial charge is 0.239 e. The summed E-state index contributed by atoms with van der Waals surface area (Å²) in [7, 11) is 0. The van der Waals surface area contributed by atoms with Crippen molar-refractivity contribution in [2.24, 2.45) is 11.3 Å². The number of halogens is 1. The van der Waals surface area contributed by atoms with Crippen LogP contribution >= 0.6 is 0 Å². The van der Waals surface area contributed by atoms with Crippen LogP contribution in [-0.4, -0.2) is 46.1 Å². The van der Waals surface area contributed by atoms with Crippen LogP contribution < -0.4 is 5.32 Å². The second kappa shape index (κ2) is 10.3. The maximum absolute atomic E-state index is 14.0. The first-order chi connectivity index (χ1) is 17.9. The van der Waals surface area contributed by atoms with E-state index >= 15 is 0 Å². The highest BCUT2D eigenvalue weighted by Gasteiger charge is 2.49. The van der Waals surface area contributed by atoms with Crippen molar-refractivity contribution in [2.45, 2.75) is 39.5 Å². The lowest BCUT2D eigenvalue weighted by Gasteiger charge is -2.37. The summed E-state index contributed by atoms with van der Waals surface area (Å²) in [5.74, 6) is -0.569. The Kier molecular flexibility index (Phi) is 6.96. The Morgan fingerprint density at radius 2 is 1.92 bits per heavy atom. The maximum Gasteiger partial charge on any atom is 0.239 e. The van der Waals surface area contributed by atoms with Crippen LogP contribution in [-0.2, 0) is 22.4 Å². The molecule has 1 heterocycles. The third-order valence-corrected chi connectivity index (χ3v) is 7.86. The van der Waals surface area contributed by atoms with Crippen molar-refractivity contribution in [3.63, 3.8) is 0 Å². The molecule has 1 N–H and O–H groups in total. The fourth-order valence-corrected chi connectivity index (χ4v) is 5.85. The van der Waals surface area contributed by atoms with E-state index in [9.17, 15) is 14.0 Å². The van der Waals surface area contributed by atoms with Crippen LogP contribution in [0.15, 0.2) is 66.4 Å². The number of benzene rings is 2. The lowest BCUT2D eigenvalue weighted by Crippen LogP contribution is -2.47. The summed E-state index contributed by atoms with van der Waals surface area (Å²) < 4.78 is 15.3. The number of fused-ring (bicyclic) bond motifs is 2. The molecule has 3 aromatic rings. The van der Waals surface area contributed by atoms with Crippen molar-refractivity contribution in [1.82, 2.24) is 20.0 Å². The molecule has 1 fully saturated rings. The standard InChI is InChI=1S/C30H33FN4O2/c1-3-32-28(36)20-34(16-15-21-7-5-4-6-8-21)29(37)26-14-9-23-17-27-22(18-30(23,26)2)19-33-35(27)25-12-10-24(31)11-13-25/h4-8,10-13,17,19,26H,3,9,14-16,18,20H2,1-2H3,(H,32,36)/t26?,30-/m0/s1. The van der Waals surface area contributed by atoms with Crippen LogP contribution in [0.25, 0.3) is 11.8 Å². The van der Waals surface area contributed by atoms with E-state index in [0.717, 1.165) is 35.3 Å². The molecule has 5 rings (SSSR count). The Balaban J connectivity index is 1.39. The SMILES string of the molecule is CCNC(=O)CN(CCc1ccccc1)C(=O)C1CCC2=Cc3c(cnn3-c3ccc(F)cc3)C[C@@]21C. The number of nitrogens with zero attached hydrogens (tertiary/aromatic N) is 3. The minimum atomic E-state index is -0.326. The number of likely N-dealkylation sites (N-methyl/N-ethyl adjacent to an activating group) is 1. The molecule has 6 nitrogen and oxygen atoms in total. The van der Waals surface area contributed by atoms with Gasteiger partial charge in [0.05, 0.1) is 24.1 Å². The number of hydrogen-bond donors (Lipinski definition) is 1. The average Bonchev–Trinajstić information content (AvgIpc) is 3.45. The average molecular weight is 501 g/mol. The predicted octanol–water partition coefficient (Wildman–Crippen LogP) is 4.57. The van der Waals surface area contributed by atoms with Gasteiger partial charge in [-0.1, -0.05) is 42.8 Å². The van der Waals surface area contributed by atoms with Gasteiger partial charge in [0.1, 0.15) is 5.82 Å². The molecular formula is C30H33FN4O2. The van der Waals surface area contributed by atoms with Crippen molar-refractivity contribution < 1.29 is 14.0 Å². The number of carbonyl (C=O) groups is 2. The zero-order chi connectivity index (χ0) is 26.0. The van der Waals surface area contributed by atoms with Crippen molar-refractivity contribution >= 4 is 17.9 Å². The van der Waals surface area contributed by atoms with Gasteiger partial charge in [-0.3, -0.25) is 9.59 Å². The number of amides is 2. The number of aromatic nitrogens is 2. The first kappa shape index (κ1) is 24.9. The normalized spacial score (nSPS) is 20.1. The summed E-state index contributed by atoms with van der Waals surface area (Å²) in [6, 6.07) is 16.4.